The van der Waals surface area contributed by atoms with Gasteiger partial charge in [-0.15, -0.1) is 11.3 Å². The Bertz CT molecular complexity index is 804. The molecule has 116 valence electrons. The van der Waals surface area contributed by atoms with Gasteiger partial charge in [-0.25, -0.2) is 8.42 Å². The number of benzene rings is 1. The first-order valence-corrected chi connectivity index (χ1v) is 9.49. The molecule has 0 radical (unpaired) electrons. The van der Waals surface area contributed by atoms with Crippen molar-refractivity contribution in [2.24, 2.45) is 0 Å². The van der Waals surface area contributed by atoms with Crippen molar-refractivity contribution in [2.45, 2.75) is 6.42 Å². The van der Waals surface area contributed by atoms with Crippen molar-refractivity contribution in [3.63, 3.8) is 0 Å². The minimum absolute atomic E-state index is 0.139. The van der Waals surface area contributed by atoms with Crippen molar-refractivity contribution in [1.29, 1.82) is 0 Å². The van der Waals surface area contributed by atoms with Crippen LogP contribution in [0.25, 0.3) is 0 Å². The Hall–Kier alpha value is -1.57. The lowest BCUT2D eigenvalue weighted by Gasteiger charge is -2.18. The molecule has 8 heteroatoms. The van der Waals surface area contributed by atoms with E-state index in [1.165, 1.54) is 15.6 Å². The monoisotopic (exact) mass is 356 g/mol. The first-order valence-electron chi connectivity index (χ1n) is 6.62. The maximum atomic E-state index is 12.0. The van der Waals surface area contributed by atoms with Crippen LogP contribution in [0.3, 0.4) is 0 Å². The van der Waals surface area contributed by atoms with Gasteiger partial charge in [0.05, 0.1) is 21.3 Å². The Kier molecular flexibility index (Phi) is 4.12. The van der Waals surface area contributed by atoms with Gasteiger partial charge in [-0.05, 0) is 36.1 Å². The second kappa shape index (κ2) is 5.91. The first kappa shape index (κ1) is 15.3. The molecule has 1 amide bonds. The van der Waals surface area contributed by atoms with Crippen molar-refractivity contribution in [3.8, 4) is 0 Å². The average Bonchev–Trinajstić information content (AvgIpc) is 3.08. The zero-order valence-electron chi connectivity index (χ0n) is 11.5. The highest BCUT2D eigenvalue weighted by Gasteiger charge is 2.29. The van der Waals surface area contributed by atoms with E-state index in [4.69, 9.17) is 11.6 Å². The molecule has 1 aromatic heterocycles. The molecule has 1 aromatic carbocycles. The number of anilines is 2. The maximum absolute atomic E-state index is 12.0. The summed E-state index contributed by atoms with van der Waals surface area (Å²) >= 11 is 7.54. The molecule has 0 saturated carbocycles. The van der Waals surface area contributed by atoms with E-state index in [2.05, 4.69) is 5.32 Å². The van der Waals surface area contributed by atoms with E-state index in [1.54, 1.807) is 30.3 Å². The molecule has 0 unspecified atom stereocenters. The van der Waals surface area contributed by atoms with Crippen LogP contribution in [0.5, 0.6) is 0 Å². The maximum Gasteiger partial charge on any atom is 0.265 e. The standard InChI is InChI=1S/C14H13ClN2O3S2/c15-11-9-10(16-14(18)13-3-1-7-21-13)4-5-12(11)17-6-2-8-22(17,19)20/h1,3-5,7,9H,2,6,8H2,(H,16,18). The van der Waals surface area contributed by atoms with Gasteiger partial charge in [-0.3, -0.25) is 9.10 Å². The molecule has 0 spiro atoms. The fourth-order valence-corrected chi connectivity index (χ4v) is 4.83. The molecule has 1 N–H and O–H groups in total. The van der Waals surface area contributed by atoms with Crippen LogP contribution in [-0.2, 0) is 10.0 Å². The third kappa shape index (κ3) is 2.97. The number of hydrogen-bond donors (Lipinski definition) is 1. The average molecular weight is 357 g/mol. The number of sulfonamides is 1. The van der Waals surface area contributed by atoms with Crippen LogP contribution < -0.4 is 9.62 Å². The predicted molar refractivity (Wildman–Crippen MR) is 89.5 cm³/mol. The molecule has 3 rings (SSSR count). The van der Waals surface area contributed by atoms with E-state index in [9.17, 15) is 13.2 Å². The van der Waals surface area contributed by atoms with E-state index in [-0.39, 0.29) is 11.7 Å². The van der Waals surface area contributed by atoms with Crippen LogP contribution in [0.1, 0.15) is 16.1 Å². The van der Waals surface area contributed by atoms with Gasteiger partial charge in [-0.1, -0.05) is 17.7 Å². The van der Waals surface area contributed by atoms with Gasteiger partial charge in [-0.2, -0.15) is 0 Å². The Balaban J connectivity index is 1.82. The summed E-state index contributed by atoms with van der Waals surface area (Å²) < 4.78 is 25.2. The molecule has 1 aliphatic heterocycles. The Morgan fingerprint density at radius 2 is 2.14 bits per heavy atom. The van der Waals surface area contributed by atoms with Crippen molar-refractivity contribution in [1.82, 2.24) is 0 Å². The highest BCUT2D eigenvalue weighted by Crippen LogP contribution is 2.33. The molecule has 2 heterocycles. The summed E-state index contributed by atoms with van der Waals surface area (Å²) in [5.74, 6) is -0.0761. The number of carbonyl (C=O) groups excluding carboxylic acids is 1. The van der Waals surface area contributed by atoms with E-state index < -0.39 is 10.0 Å². The van der Waals surface area contributed by atoms with Crippen LogP contribution in [-0.4, -0.2) is 26.6 Å². The minimum Gasteiger partial charge on any atom is -0.321 e. The van der Waals surface area contributed by atoms with Gasteiger partial charge in [0.1, 0.15) is 0 Å². The molecule has 1 aliphatic rings. The smallest absolute Gasteiger partial charge is 0.265 e. The summed E-state index contributed by atoms with van der Waals surface area (Å²) in [6.07, 6.45) is 0.593. The van der Waals surface area contributed by atoms with Crippen molar-refractivity contribution in [2.75, 3.05) is 21.9 Å². The van der Waals surface area contributed by atoms with Gasteiger partial charge >= 0.3 is 0 Å². The van der Waals surface area contributed by atoms with Gasteiger partial charge in [0.25, 0.3) is 5.91 Å². The second-order valence-corrected chi connectivity index (χ2v) is 8.21. The van der Waals surface area contributed by atoms with Gasteiger partial charge < -0.3 is 5.32 Å². The van der Waals surface area contributed by atoms with Crippen LogP contribution in [0.4, 0.5) is 11.4 Å². The number of thiophene rings is 1. The number of hydrogen-bond acceptors (Lipinski definition) is 4. The van der Waals surface area contributed by atoms with E-state index in [0.717, 1.165) is 0 Å². The highest BCUT2D eigenvalue weighted by atomic mass is 35.5. The third-order valence-corrected chi connectivity index (χ3v) is 6.35. The summed E-state index contributed by atoms with van der Waals surface area (Å²) in [4.78, 5) is 12.6. The van der Waals surface area contributed by atoms with Crippen molar-refractivity contribution >= 4 is 50.2 Å². The van der Waals surface area contributed by atoms with Crippen molar-refractivity contribution < 1.29 is 13.2 Å². The molecule has 1 fully saturated rings. The topological polar surface area (TPSA) is 66.5 Å². The summed E-state index contributed by atoms with van der Waals surface area (Å²) in [5, 5.41) is 4.87. The number of rotatable bonds is 3. The predicted octanol–water partition coefficient (Wildman–Crippen LogP) is 3.19. The molecule has 2 aromatic rings. The van der Waals surface area contributed by atoms with Crippen LogP contribution in [0.15, 0.2) is 35.7 Å². The summed E-state index contributed by atoms with van der Waals surface area (Å²) in [6, 6.07) is 8.37. The zero-order valence-corrected chi connectivity index (χ0v) is 13.8. The Labute approximate surface area is 137 Å². The fraction of sp³-hybridized carbons (Fsp3) is 0.214. The molecule has 1 saturated heterocycles. The Morgan fingerprint density at radius 3 is 2.73 bits per heavy atom. The molecule has 22 heavy (non-hydrogen) atoms. The quantitative estimate of drug-likeness (QED) is 0.918. The lowest BCUT2D eigenvalue weighted by molar-refractivity contribution is 0.103. The number of nitrogens with one attached hydrogen (secondary N) is 1. The Morgan fingerprint density at radius 1 is 1.32 bits per heavy atom. The highest BCUT2D eigenvalue weighted by molar-refractivity contribution is 7.93. The fourth-order valence-electron chi connectivity index (χ4n) is 2.30. The summed E-state index contributed by atoms with van der Waals surface area (Å²) in [6.45, 7) is 0.433. The second-order valence-electron chi connectivity index (χ2n) is 4.84. The minimum atomic E-state index is -3.27. The lowest BCUT2D eigenvalue weighted by Crippen LogP contribution is -2.25. The SMILES string of the molecule is O=C(Nc1ccc(N2CCCS2(=O)=O)c(Cl)c1)c1cccs1. The summed E-state index contributed by atoms with van der Waals surface area (Å²) in [5.41, 5.74) is 0.983. The number of carbonyl (C=O) groups is 1. The summed E-state index contributed by atoms with van der Waals surface area (Å²) in [7, 11) is -3.27. The molecular weight excluding hydrogens is 344 g/mol. The van der Waals surface area contributed by atoms with Gasteiger partial charge in [0, 0.05) is 12.2 Å². The molecule has 5 nitrogen and oxygen atoms in total. The van der Waals surface area contributed by atoms with E-state index in [1.807, 2.05) is 5.38 Å². The number of halogens is 1. The van der Waals surface area contributed by atoms with Crippen LogP contribution >= 0.6 is 22.9 Å². The van der Waals surface area contributed by atoms with E-state index >= 15 is 0 Å². The third-order valence-electron chi connectivity index (χ3n) is 3.32. The number of nitrogens with zero attached hydrogens (tertiary/aromatic N) is 1. The molecular formula is C14H13ClN2O3S2. The van der Waals surface area contributed by atoms with Crippen molar-refractivity contribution in [3.05, 3.63) is 45.6 Å². The lowest BCUT2D eigenvalue weighted by atomic mass is 10.2. The van der Waals surface area contributed by atoms with Gasteiger partial charge in [0.2, 0.25) is 10.0 Å². The van der Waals surface area contributed by atoms with E-state index in [0.29, 0.717) is 34.2 Å². The normalized spacial score (nSPS) is 16.7. The molecule has 0 bridgehead atoms. The molecule has 0 atom stereocenters. The van der Waals surface area contributed by atoms with Crippen LogP contribution in [0.2, 0.25) is 5.02 Å². The zero-order chi connectivity index (χ0) is 15.7. The largest absolute Gasteiger partial charge is 0.321 e. The number of amides is 1. The molecule has 0 aliphatic carbocycles. The van der Waals surface area contributed by atoms with Crippen LogP contribution in [0, 0.1) is 0 Å². The van der Waals surface area contributed by atoms with Gasteiger partial charge in [0.15, 0.2) is 0 Å². The first-order chi connectivity index (χ1) is 10.5.